The highest BCUT2D eigenvalue weighted by Crippen LogP contribution is 2.45. The number of H-pyrrole nitrogens is 1. The first kappa shape index (κ1) is 27.4. The maximum atomic E-state index is 13.2. The Labute approximate surface area is 232 Å². The topological polar surface area (TPSA) is 92.9 Å². The zero-order valence-corrected chi connectivity index (χ0v) is 23.8. The Hall–Kier alpha value is -2.20. The third-order valence-corrected chi connectivity index (χ3v) is 9.13. The van der Waals surface area contributed by atoms with E-state index in [1.807, 2.05) is 26.2 Å². The van der Waals surface area contributed by atoms with Crippen LogP contribution in [0.3, 0.4) is 0 Å². The van der Waals surface area contributed by atoms with Gasteiger partial charge in [-0.3, -0.25) is 14.5 Å². The number of aromatic amines is 1. The summed E-state index contributed by atoms with van der Waals surface area (Å²) in [5.74, 6) is 1.14. The molecule has 3 heterocycles. The van der Waals surface area contributed by atoms with E-state index in [1.54, 1.807) is 6.07 Å². The monoisotopic (exact) mass is 561 g/mol. The summed E-state index contributed by atoms with van der Waals surface area (Å²) in [4.78, 5) is 31.9. The maximum Gasteiger partial charge on any atom is 0.254 e. The van der Waals surface area contributed by atoms with Crippen LogP contribution < -0.4 is 20.3 Å². The molecule has 206 valence electrons. The van der Waals surface area contributed by atoms with Crippen molar-refractivity contribution in [3.05, 3.63) is 49.9 Å². The van der Waals surface area contributed by atoms with Gasteiger partial charge in [-0.15, -0.1) is 11.8 Å². The predicted octanol–water partition coefficient (Wildman–Crippen LogP) is 4.33. The molecule has 1 saturated heterocycles. The molecule has 1 amide bonds. The van der Waals surface area contributed by atoms with Crippen molar-refractivity contribution in [3.63, 3.8) is 0 Å². The van der Waals surface area contributed by atoms with Crippen LogP contribution in [-0.4, -0.2) is 67.1 Å². The van der Waals surface area contributed by atoms with Gasteiger partial charge in [0.2, 0.25) is 0 Å². The third kappa shape index (κ3) is 5.71. The minimum absolute atomic E-state index is 0.0727. The smallest absolute Gasteiger partial charge is 0.254 e. The SMILES string of the molecule is CSc1cc(C)[nH]c(=O)c1CNC(=O)c1cc(Cl)c2c(c1C)O[C@@H](C1CCC(N3CCOCC3)CC1)CO2. The normalized spacial score (nSPS) is 23.7. The number of rotatable bonds is 6. The highest BCUT2D eigenvalue weighted by Gasteiger charge is 2.36. The lowest BCUT2D eigenvalue weighted by Gasteiger charge is -2.41. The molecule has 0 bridgehead atoms. The second-order valence-corrected chi connectivity index (χ2v) is 11.6. The molecule has 8 nitrogen and oxygen atoms in total. The Kier molecular flexibility index (Phi) is 8.57. The molecule has 0 radical (unpaired) electrons. The molecule has 2 aliphatic heterocycles. The van der Waals surface area contributed by atoms with Gasteiger partial charge in [-0.2, -0.15) is 0 Å². The van der Waals surface area contributed by atoms with Gasteiger partial charge in [-0.1, -0.05) is 11.6 Å². The van der Waals surface area contributed by atoms with E-state index in [2.05, 4.69) is 15.2 Å². The van der Waals surface area contributed by atoms with Crippen LogP contribution in [-0.2, 0) is 11.3 Å². The molecular weight excluding hydrogens is 526 g/mol. The van der Waals surface area contributed by atoms with Crippen molar-refractivity contribution in [1.29, 1.82) is 0 Å². The average Bonchev–Trinajstić information content (AvgIpc) is 2.94. The molecule has 1 atom stereocenters. The average molecular weight is 562 g/mol. The summed E-state index contributed by atoms with van der Waals surface area (Å²) < 4.78 is 18.1. The molecule has 2 N–H and O–H groups in total. The second kappa shape index (κ2) is 11.9. The molecular formula is C28H36ClN3O5S. The highest BCUT2D eigenvalue weighted by atomic mass is 35.5. The first-order valence-electron chi connectivity index (χ1n) is 13.3. The number of halogens is 1. The van der Waals surface area contributed by atoms with Crippen LogP contribution in [0.2, 0.25) is 5.02 Å². The van der Waals surface area contributed by atoms with Crippen LogP contribution in [0.15, 0.2) is 21.8 Å². The van der Waals surface area contributed by atoms with E-state index in [0.717, 1.165) is 62.6 Å². The number of carbonyl (C=O) groups is 1. The number of aromatic nitrogens is 1. The van der Waals surface area contributed by atoms with Crippen LogP contribution in [0, 0.1) is 19.8 Å². The van der Waals surface area contributed by atoms with Crippen molar-refractivity contribution in [1.82, 2.24) is 15.2 Å². The molecule has 3 aliphatic rings. The number of morpholine rings is 1. The Morgan fingerprint density at radius 3 is 2.61 bits per heavy atom. The van der Waals surface area contributed by atoms with Crippen molar-refractivity contribution < 1.29 is 19.0 Å². The molecule has 0 spiro atoms. The number of fused-ring (bicyclic) bond motifs is 1. The van der Waals surface area contributed by atoms with Crippen LogP contribution in [0.4, 0.5) is 0 Å². The Balaban J connectivity index is 1.27. The van der Waals surface area contributed by atoms with Crippen molar-refractivity contribution in [2.75, 3.05) is 39.2 Å². The van der Waals surface area contributed by atoms with Crippen LogP contribution in [0.5, 0.6) is 11.5 Å². The van der Waals surface area contributed by atoms with E-state index in [1.165, 1.54) is 11.8 Å². The van der Waals surface area contributed by atoms with Gasteiger partial charge >= 0.3 is 0 Å². The molecule has 2 aromatic rings. The van der Waals surface area contributed by atoms with E-state index in [-0.39, 0.29) is 24.1 Å². The van der Waals surface area contributed by atoms with Gasteiger partial charge in [0.1, 0.15) is 12.7 Å². The van der Waals surface area contributed by atoms with Crippen molar-refractivity contribution >= 4 is 29.3 Å². The van der Waals surface area contributed by atoms with Gasteiger partial charge in [-0.25, -0.2) is 0 Å². The quantitative estimate of drug-likeness (QED) is 0.507. The molecule has 5 rings (SSSR count). The molecule has 1 aliphatic carbocycles. The first-order valence-corrected chi connectivity index (χ1v) is 14.9. The van der Waals surface area contributed by atoms with Gasteiger partial charge in [0, 0.05) is 53.0 Å². The maximum absolute atomic E-state index is 13.2. The van der Waals surface area contributed by atoms with Gasteiger partial charge < -0.3 is 24.5 Å². The highest BCUT2D eigenvalue weighted by molar-refractivity contribution is 7.98. The molecule has 1 aromatic carbocycles. The Morgan fingerprint density at radius 2 is 1.89 bits per heavy atom. The van der Waals surface area contributed by atoms with E-state index in [4.69, 9.17) is 25.8 Å². The largest absolute Gasteiger partial charge is 0.484 e. The number of thioether (sulfide) groups is 1. The molecule has 1 saturated carbocycles. The molecule has 2 fully saturated rings. The fourth-order valence-electron chi connectivity index (χ4n) is 5.88. The summed E-state index contributed by atoms with van der Waals surface area (Å²) in [7, 11) is 0. The number of benzene rings is 1. The zero-order chi connectivity index (χ0) is 26.8. The Bertz CT molecular complexity index is 1240. The lowest BCUT2D eigenvalue weighted by molar-refractivity contribution is -0.0118. The van der Waals surface area contributed by atoms with E-state index in [9.17, 15) is 9.59 Å². The van der Waals surface area contributed by atoms with Crippen molar-refractivity contribution in [2.24, 2.45) is 5.92 Å². The number of nitrogens with one attached hydrogen (secondary N) is 2. The number of carbonyl (C=O) groups excluding carboxylic acids is 1. The van der Waals surface area contributed by atoms with E-state index in [0.29, 0.717) is 51.8 Å². The fourth-order valence-corrected chi connectivity index (χ4v) is 6.83. The summed E-state index contributed by atoms with van der Waals surface area (Å²) in [6.07, 6.45) is 6.31. The number of amides is 1. The van der Waals surface area contributed by atoms with Crippen LogP contribution >= 0.6 is 23.4 Å². The zero-order valence-electron chi connectivity index (χ0n) is 22.2. The van der Waals surface area contributed by atoms with Gasteiger partial charge in [0.05, 0.1) is 18.2 Å². The molecule has 10 heteroatoms. The van der Waals surface area contributed by atoms with E-state index < -0.39 is 0 Å². The third-order valence-electron chi connectivity index (χ3n) is 8.05. The molecule has 0 unspecified atom stereocenters. The standard InChI is InChI=1S/C28H36ClN3O5S/c1-16-12-24(38-3)21(28(34)31-16)14-30-27(33)20-13-22(29)26-25(17(20)2)37-23(15-36-26)18-4-6-19(7-5-18)32-8-10-35-11-9-32/h12-13,18-19,23H,4-11,14-15H2,1-3H3,(H,30,33)(H,31,34)/t18?,19?,23-/m1/s1. The summed E-state index contributed by atoms with van der Waals surface area (Å²) in [5, 5.41) is 3.25. The Morgan fingerprint density at radius 1 is 1.16 bits per heavy atom. The molecule has 38 heavy (non-hydrogen) atoms. The minimum atomic E-state index is -0.309. The van der Waals surface area contributed by atoms with Crippen LogP contribution in [0.1, 0.15) is 52.9 Å². The summed E-state index contributed by atoms with van der Waals surface area (Å²) in [6, 6.07) is 4.15. The lowest BCUT2D eigenvalue weighted by atomic mass is 9.82. The summed E-state index contributed by atoms with van der Waals surface area (Å²) >= 11 is 8.03. The molecule has 1 aromatic heterocycles. The second-order valence-electron chi connectivity index (χ2n) is 10.4. The number of nitrogens with zero attached hydrogens (tertiary/aromatic N) is 1. The van der Waals surface area contributed by atoms with Crippen LogP contribution in [0.25, 0.3) is 0 Å². The van der Waals surface area contributed by atoms with E-state index >= 15 is 0 Å². The number of ether oxygens (including phenoxy) is 3. The van der Waals surface area contributed by atoms with Crippen molar-refractivity contribution in [2.45, 2.75) is 63.1 Å². The summed E-state index contributed by atoms with van der Waals surface area (Å²) in [5.41, 5.74) is 2.23. The fraction of sp³-hybridized carbons (Fsp3) is 0.571. The number of pyridine rings is 1. The number of hydrogen-bond acceptors (Lipinski definition) is 7. The van der Waals surface area contributed by atoms with Gasteiger partial charge in [0.25, 0.3) is 11.5 Å². The van der Waals surface area contributed by atoms with Gasteiger partial charge in [0.15, 0.2) is 11.5 Å². The first-order chi connectivity index (χ1) is 18.4. The predicted molar refractivity (Wildman–Crippen MR) is 149 cm³/mol. The number of hydrogen-bond donors (Lipinski definition) is 2. The number of aryl methyl sites for hydroxylation is 1. The minimum Gasteiger partial charge on any atom is -0.484 e. The van der Waals surface area contributed by atoms with Gasteiger partial charge in [-0.05, 0) is 63.8 Å². The summed E-state index contributed by atoms with van der Waals surface area (Å²) in [6.45, 7) is 7.96. The lowest BCUT2D eigenvalue weighted by Crippen LogP contribution is -2.47. The van der Waals surface area contributed by atoms with Crippen molar-refractivity contribution in [3.8, 4) is 11.5 Å².